The molecular weight excluding hydrogens is 292 g/mol. The first-order chi connectivity index (χ1) is 8.58. The lowest BCUT2D eigenvalue weighted by atomic mass is 9.96. The fourth-order valence-corrected chi connectivity index (χ4v) is 2.58. The minimum absolute atomic E-state index is 0.0541. The highest BCUT2D eigenvalue weighted by molar-refractivity contribution is 9.10. The van der Waals surface area contributed by atoms with E-state index < -0.39 is 0 Å². The summed E-state index contributed by atoms with van der Waals surface area (Å²) in [5.41, 5.74) is 1.13. The molecule has 0 aromatic heterocycles. The van der Waals surface area contributed by atoms with E-state index in [4.69, 9.17) is 0 Å². The molecule has 0 aliphatic carbocycles. The van der Waals surface area contributed by atoms with Gasteiger partial charge in [0.2, 0.25) is 5.91 Å². The summed E-state index contributed by atoms with van der Waals surface area (Å²) in [5, 5.41) is 6.35. The summed E-state index contributed by atoms with van der Waals surface area (Å²) in [7, 11) is 0. The zero-order chi connectivity index (χ0) is 13.1. The van der Waals surface area contributed by atoms with Crippen LogP contribution in [0.3, 0.4) is 0 Å². The Labute approximate surface area is 116 Å². The molecule has 1 aliphatic heterocycles. The Morgan fingerprint density at radius 3 is 2.61 bits per heavy atom. The molecule has 98 valence electrons. The molecule has 1 fully saturated rings. The zero-order valence-corrected chi connectivity index (χ0v) is 12.3. The van der Waals surface area contributed by atoms with Gasteiger partial charge < -0.3 is 10.6 Å². The molecule has 0 spiro atoms. The van der Waals surface area contributed by atoms with Crippen LogP contribution in [0.25, 0.3) is 0 Å². The van der Waals surface area contributed by atoms with Crippen LogP contribution in [-0.2, 0) is 4.79 Å². The highest BCUT2D eigenvalue weighted by Crippen LogP contribution is 2.20. The minimum Gasteiger partial charge on any atom is -0.349 e. The van der Waals surface area contributed by atoms with Gasteiger partial charge in [0.15, 0.2) is 0 Å². The van der Waals surface area contributed by atoms with Gasteiger partial charge in [-0.3, -0.25) is 4.79 Å². The maximum absolute atomic E-state index is 12.1. The van der Waals surface area contributed by atoms with Gasteiger partial charge in [0.05, 0.1) is 12.0 Å². The molecule has 1 saturated heterocycles. The lowest BCUT2D eigenvalue weighted by Gasteiger charge is -2.19. The number of benzene rings is 1. The number of rotatable bonds is 3. The first kappa shape index (κ1) is 13.6. The largest absolute Gasteiger partial charge is 0.349 e. The quantitative estimate of drug-likeness (QED) is 0.900. The number of nitrogens with one attached hydrogen (secondary N) is 2. The molecular formula is C14H19BrN2O. The standard InChI is InChI=1S/C14H19BrN2O/c1-9-7-16-8-13(9)14(18)17-10(2)11-3-5-12(15)6-4-11/h3-6,9-10,13,16H,7-8H2,1-2H3,(H,17,18)/t9-,10+,13-/m1/s1. The predicted octanol–water partition coefficient (Wildman–Crippen LogP) is 2.48. The van der Waals surface area contributed by atoms with Gasteiger partial charge in [-0.2, -0.15) is 0 Å². The van der Waals surface area contributed by atoms with E-state index in [0.717, 1.165) is 23.1 Å². The average Bonchev–Trinajstić information content (AvgIpc) is 2.76. The highest BCUT2D eigenvalue weighted by atomic mass is 79.9. The van der Waals surface area contributed by atoms with Crippen LogP contribution in [0.15, 0.2) is 28.7 Å². The Balaban J connectivity index is 1.96. The molecule has 4 heteroatoms. The van der Waals surface area contributed by atoms with Crippen LogP contribution in [0.2, 0.25) is 0 Å². The fourth-order valence-electron chi connectivity index (χ4n) is 2.32. The molecule has 18 heavy (non-hydrogen) atoms. The molecule has 1 aromatic carbocycles. The third kappa shape index (κ3) is 3.12. The topological polar surface area (TPSA) is 41.1 Å². The Kier molecular flexibility index (Phi) is 4.40. The zero-order valence-electron chi connectivity index (χ0n) is 10.7. The highest BCUT2D eigenvalue weighted by Gasteiger charge is 2.30. The molecule has 1 aromatic rings. The van der Waals surface area contributed by atoms with E-state index in [2.05, 4.69) is 33.5 Å². The molecule has 1 aliphatic rings. The lowest BCUT2D eigenvalue weighted by Crippen LogP contribution is -2.35. The molecule has 3 atom stereocenters. The number of hydrogen-bond donors (Lipinski definition) is 2. The van der Waals surface area contributed by atoms with Crippen molar-refractivity contribution in [1.82, 2.24) is 10.6 Å². The van der Waals surface area contributed by atoms with Crippen molar-refractivity contribution in [1.29, 1.82) is 0 Å². The van der Waals surface area contributed by atoms with Crippen LogP contribution in [0.5, 0.6) is 0 Å². The Hall–Kier alpha value is -0.870. The van der Waals surface area contributed by atoms with Crippen LogP contribution in [0.4, 0.5) is 0 Å². The van der Waals surface area contributed by atoms with Crippen molar-refractivity contribution in [3.05, 3.63) is 34.3 Å². The van der Waals surface area contributed by atoms with Gasteiger partial charge in [-0.1, -0.05) is 35.0 Å². The van der Waals surface area contributed by atoms with Crippen LogP contribution in [-0.4, -0.2) is 19.0 Å². The summed E-state index contributed by atoms with van der Waals surface area (Å²) >= 11 is 3.41. The van der Waals surface area contributed by atoms with Gasteiger partial charge in [-0.15, -0.1) is 0 Å². The van der Waals surface area contributed by atoms with E-state index in [1.807, 2.05) is 31.2 Å². The van der Waals surface area contributed by atoms with E-state index in [9.17, 15) is 4.79 Å². The maximum Gasteiger partial charge on any atom is 0.225 e. The molecule has 2 rings (SSSR count). The molecule has 1 heterocycles. The van der Waals surface area contributed by atoms with Gasteiger partial charge in [0, 0.05) is 11.0 Å². The van der Waals surface area contributed by atoms with E-state index in [0.29, 0.717) is 5.92 Å². The Bertz CT molecular complexity index is 418. The van der Waals surface area contributed by atoms with Gasteiger partial charge >= 0.3 is 0 Å². The van der Waals surface area contributed by atoms with Crippen molar-refractivity contribution >= 4 is 21.8 Å². The minimum atomic E-state index is 0.0541. The predicted molar refractivity (Wildman–Crippen MR) is 76.2 cm³/mol. The van der Waals surface area contributed by atoms with E-state index in [1.165, 1.54) is 0 Å². The van der Waals surface area contributed by atoms with Crippen molar-refractivity contribution in [3.8, 4) is 0 Å². The number of carbonyl (C=O) groups excluding carboxylic acids is 1. The number of halogens is 1. The fraction of sp³-hybridized carbons (Fsp3) is 0.500. The number of amides is 1. The van der Waals surface area contributed by atoms with Gasteiger partial charge in [-0.25, -0.2) is 0 Å². The van der Waals surface area contributed by atoms with E-state index in [-0.39, 0.29) is 17.9 Å². The van der Waals surface area contributed by atoms with Crippen molar-refractivity contribution < 1.29 is 4.79 Å². The SMILES string of the molecule is C[C@H](NC(=O)[C@@H]1CNC[C@H]1C)c1ccc(Br)cc1. The molecule has 0 unspecified atom stereocenters. The summed E-state index contributed by atoms with van der Waals surface area (Å²) in [4.78, 5) is 12.1. The van der Waals surface area contributed by atoms with Crippen LogP contribution in [0, 0.1) is 11.8 Å². The number of hydrogen-bond acceptors (Lipinski definition) is 2. The molecule has 2 N–H and O–H groups in total. The summed E-state index contributed by atoms with van der Waals surface area (Å²) in [6.45, 7) is 5.87. The molecule has 0 bridgehead atoms. The Morgan fingerprint density at radius 1 is 1.39 bits per heavy atom. The molecule has 1 amide bonds. The van der Waals surface area contributed by atoms with Gasteiger partial charge in [-0.05, 0) is 37.1 Å². The van der Waals surface area contributed by atoms with Crippen LogP contribution in [0.1, 0.15) is 25.5 Å². The number of carbonyl (C=O) groups is 1. The summed E-state index contributed by atoms with van der Waals surface area (Å²) in [6, 6.07) is 8.12. The van der Waals surface area contributed by atoms with Crippen molar-refractivity contribution in [3.63, 3.8) is 0 Å². The smallest absolute Gasteiger partial charge is 0.225 e. The van der Waals surface area contributed by atoms with Crippen molar-refractivity contribution in [2.24, 2.45) is 11.8 Å². The maximum atomic E-state index is 12.1. The van der Waals surface area contributed by atoms with Crippen molar-refractivity contribution in [2.75, 3.05) is 13.1 Å². The first-order valence-corrected chi connectivity index (χ1v) is 7.14. The third-order valence-electron chi connectivity index (χ3n) is 3.58. The Morgan fingerprint density at radius 2 is 2.06 bits per heavy atom. The average molecular weight is 311 g/mol. The third-order valence-corrected chi connectivity index (χ3v) is 4.11. The van der Waals surface area contributed by atoms with Crippen LogP contribution >= 0.6 is 15.9 Å². The summed E-state index contributed by atoms with van der Waals surface area (Å²) in [6.07, 6.45) is 0. The van der Waals surface area contributed by atoms with Crippen molar-refractivity contribution in [2.45, 2.75) is 19.9 Å². The van der Waals surface area contributed by atoms with Gasteiger partial charge in [0.25, 0.3) is 0 Å². The summed E-state index contributed by atoms with van der Waals surface area (Å²) < 4.78 is 1.05. The summed E-state index contributed by atoms with van der Waals surface area (Å²) in [5.74, 6) is 0.674. The van der Waals surface area contributed by atoms with E-state index in [1.54, 1.807) is 0 Å². The monoisotopic (exact) mass is 310 g/mol. The second-order valence-electron chi connectivity index (χ2n) is 5.02. The van der Waals surface area contributed by atoms with Gasteiger partial charge in [0.1, 0.15) is 0 Å². The first-order valence-electron chi connectivity index (χ1n) is 6.34. The van der Waals surface area contributed by atoms with Crippen LogP contribution < -0.4 is 10.6 Å². The molecule has 0 radical (unpaired) electrons. The second-order valence-corrected chi connectivity index (χ2v) is 5.94. The second kappa shape index (κ2) is 5.85. The molecule has 0 saturated carbocycles. The lowest BCUT2D eigenvalue weighted by molar-refractivity contribution is -0.126. The normalized spacial score (nSPS) is 24.8. The molecule has 3 nitrogen and oxygen atoms in total. The van der Waals surface area contributed by atoms with E-state index >= 15 is 0 Å².